The van der Waals surface area contributed by atoms with E-state index in [9.17, 15) is 9.59 Å². The maximum Gasteiger partial charge on any atom is 0.329 e. The summed E-state index contributed by atoms with van der Waals surface area (Å²) in [6.07, 6.45) is 3.08. The number of nitrogens with one attached hydrogen (secondary N) is 1. The van der Waals surface area contributed by atoms with E-state index < -0.39 is 0 Å². The van der Waals surface area contributed by atoms with Gasteiger partial charge in [-0.25, -0.2) is 4.79 Å². The fraction of sp³-hybridized carbons (Fsp3) is 0.636. The Bertz CT molecular complexity index is 518. The Hall–Kier alpha value is -1.03. The second-order valence-corrected chi connectivity index (χ2v) is 4.77. The topological polar surface area (TPSA) is 54.9 Å². The van der Waals surface area contributed by atoms with E-state index in [-0.39, 0.29) is 22.4 Å². The molecule has 1 aliphatic rings. The molecule has 2 atom stereocenters. The van der Waals surface area contributed by atoms with Crippen molar-refractivity contribution in [2.45, 2.75) is 39.2 Å². The first-order valence-corrected chi connectivity index (χ1v) is 5.95. The highest BCUT2D eigenvalue weighted by Crippen LogP contribution is 2.44. The molecule has 0 radical (unpaired) electrons. The summed E-state index contributed by atoms with van der Waals surface area (Å²) in [4.78, 5) is 26.1. The van der Waals surface area contributed by atoms with Gasteiger partial charge in [0.2, 0.25) is 0 Å². The van der Waals surface area contributed by atoms with Crippen LogP contribution in [-0.2, 0) is 0 Å². The predicted octanol–water partition coefficient (Wildman–Crippen LogP) is 1.86. The summed E-state index contributed by atoms with van der Waals surface area (Å²) in [5.41, 5.74) is -0.218. The van der Waals surface area contributed by atoms with Crippen LogP contribution < -0.4 is 11.2 Å². The normalized spacial score (nSPS) is 23.4. The number of nitrogens with zero attached hydrogens (tertiary/aromatic N) is 1. The summed E-state index contributed by atoms with van der Waals surface area (Å²) in [6, 6.07) is 0.0761. The van der Waals surface area contributed by atoms with E-state index >= 15 is 0 Å². The van der Waals surface area contributed by atoms with Crippen molar-refractivity contribution in [3.8, 4) is 0 Å². The van der Waals surface area contributed by atoms with Crippen LogP contribution in [0.25, 0.3) is 0 Å². The summed E-state index contributed by atoms with van der Waals surface area (Å²) in [5, 5.41) is 0.152. The average molecular weight is 243 g/mol. The van der Waals surface area contributed by atoms with Gasteiger partial charge in [0, 0.05) is 11.6 Å². The van der Waals surface area contributed by atoms with E-state index in [1.165, 1.54) is 4.57 Å². The van der Waals surface area contributed by atoms with Gasteiger partial charge >= 0.3 is 5.69 Å². The SMILES string of the molecule is CCCC1CC1n1c(=O)[nH]c(Cl)c(C)c1=O. The zero-order chi connectivity index (χ0) is 11.9. The minimum Gasteiger partial charge on any atom is -0.297 e. The summed E-state index contributed by atoms with van der Waals surface area (Å²) >= 11 is 5.74. The van der Waals surface area contributed by atoms with Gasteiger partial charge in [-0.3, -0.25) is 14.3 Å². The Kier molecular flexibility index (Phi) is 2.93. The average Bonchev–Trinajstić information content (AvgIpc) is 2.95. The van der Waals surface area contributed by atoms with E-state index in [2.05, 4.69) is 11.9 Å². The van der Waals surface area contributed by atoms with Gasteiger partial charge in [-0.2, -0.15) is 0 Å². The third kappa shape index (κ3) is 1.82. The third-order valence-electron chi connectivity index (χ3n) is 3.18. The molecular formula is C11H15ClN2O2. The first-order chi connectivity index (χ1) is 7.56. The van der Waals surface area contributed by atoms with Gasteiger partial charge in [-0.1, -0.05) is 24.9 Å². The zero-order valence-corrected chi connectivity index (χ0v) is 10.2. The Morgan fingerprint density at radius 2 is 2.19 bits per heavy atom. The Balaban J connectivity index is 2.40. The van der Waals surface area contributed by atoms with Gasteiger partial charge < -0.3 is 0 Å². The number of hydrogen-bond acceptors (Lipinski definition) is 2. The summed E-state index contributed by atoms with van der Waals surface area (Å²) in [5.74, 6) is 0.476. The Labute approximate surface area is 98.3 Å². The molecule has 0 aliphatic heterocycles. The van der Waals surface area contributed by atoms with Crippen molar-refractivity contribution in [3.05, 3.63) is 31.6 Å². The largest absolute Gasteiger partial charge is 0.329 e. The lowest BCUT2D eigenvalue weighted by molar-refractivity contribution is 0.568. The fourth-order valence-electron chi connectivity index (χ4n) is 2.14. The molecule has 0 amide bonds. The molecule has 1 saturated carbocycles. The van der Waals surface area contributed by atoms with Crippen molar-refractivity contribution in [2.24, 2.45) is 5.92 Å². The highest BCUT2D eigenvalue weighted by Gasteiger charge is 2.39. The van der Waals surface area contributed by atoms with E-state index in [1.54, 1.807) is 6.92 Å². The van der Waals surface area contributed by atoms with Crippen molar-refractivity contribution in [2.75, 3.05) is 0 Å². The monoisotopic (exact) mass is 242 g/mol. The lowest BCUT2D eigenvalue weighted by Gasteiger charge is -2.05. The molecule has 1 aliphatic carbocycles. The van der Waals surface area contributed by atoms with Crippen molar-refractivity contribution in [1.82, 2.24) is 9.55 Å². The number of H-pyrrole nitrogens is 1. The Morgan fingerprint density at radius 3 is 2.81 bits per heavy atom. The number of rotatable bonds is 3. The van der Waals surface area contributed by atoms with Gasteiger partial charge in [-0.05, 0) is 25.7 Å². The summed E-state index contributed by atoms with van der Waals surface area (Å²) in [7, 11) is 0. The molecule has 1 heterocycles. The van der Waals surface area contributed by atoms with E-state index in [0.717, 1.165) is 19.3 Å². The van der Waals surface area contributed by atoms with Gasteiger partial charge in [0.05, 0.1) is 0 Å². The highest BCUT2D eigenvalue weighted by molar-refractivity contribution is 6.30. The molecule has 1 fully saturated rings. The van der Waals surface area contributed by atoms with Gasteiger partial charge in [-0.15, -0.1) is 0 Å². The molecule has 16 heavy (non-hydrogen) atoms. The molecule has 1 aromatic heterocycles. The van der Waals surface area contributed by atoms with Crippen LogP contribution in [0.3, 0.4) is 0 Å². The van der Waals surface area contributed by atoms with Crippen LogP contribution in [0.5, 0.6) is 0 Å². The van der Waals surface area contributed by atoms with Crippen molar-refractivity contribution in [1.29, 1.82) is 0 Å². The van der Waals surface area contributed by atoms with Crippen LogP contribution in [0.15, 0.2) is 9.59 Å². The molecule has 0 spiro atoms. The van der Waals surface area contributed by atoms with Crippen LogP contribution in [0, 0.1) is 12.8 Å². The van der Waals surface area contributed by atoms with Gasteiger partial charge in [0.15, 0.2) is 0 Å². The maximum atomic E-state index is 11.9. The number of halogens is 1. The summed E-state index contributed by atoms with van der Waals surface area (Å²) in [6.45, 7) is 3.74. The third-order valence-corrected chi connectivity index (χ3v) is 3.56. The van der Waals surface area contributed by atoms with Crippen molar-refractivity contribution >= 4 is 11.6 Å². The maximum absolute atomic E-state index is 11.9. The smallest absolute Gasteiger partial charge is 0.297 e. The van der Waals surface area contributed by atoms with Gasteiger partial charge in [0.1, 0.15) is 5.15 Å². The van der Waals surface area contributed by atoms with Crippen LogP contribution in [0.1, 0.15) is 37.8 Å². The quantitative estimate of drug-likeness (QED) is 0.823. The summed E-state index contributed by atoms with van der Waals surface area (Å²) < 4.78 is 1.32. The lowest BCUT2D eigenvalue weighted by atomic mass is 10.2. The second kappa shape index (κ2) is 4.09. The fourth-order valence-corrected chi connectivity index (χ4v) is 2.31. The first-order valence-electron chi connectivity index (χ1n) is 5.57. The first kappa shape index (κ1) is 11.5. The minimum absolute atomic E-state index is 0.0761. The van der Waals surface area contributed by atoms with Crippen LogP contribution >= 0.6 is 11.6 Å². The lowest BCUT2D eigenvalue weighted by Crippen LogP contribution is -2.36. The molecule has 5 heteroatoms. The van der Waals surface area contributed by atoms with Gasteiger partial charge in [0.25, 0.3) is 5.56 Å². The number of aromatic amines is 1. The molecule has 1 N–H and O–H groups in total. The molecule has 1 aromatic rings. The molecule has 0 bridgehead atoms. The highest BCUT2D eigenvalue weighted by atomic mass is 35.5. The minimum atomic E-state index is -0.385. The number of aromatic nitrogens is 2. The predicted molar refractivity (Wildman–Crippen MR) is 63.1 cm³/mol. The Morgan fingerprint density at radius 1 is 1.50 bits per heavy atom. The standard InChI is InChI=1S/C11H15ClN2O2/c1-3-4-7-5-8(7)14-10(15)6(2)9(12)13-11(14)16/h7-8H,3-5H2,1-2H3,(H,13,16). The molecule has 0 saturated heterocycles. The molecule has 88 valence electrons. The number of hydrogen-bond donors (Lipinski definition) is 1. The second-order valence-electron chi connectivity index (χ2n) is 4.40. The van der Waals surface area contributed by atoms with Crippen molar-refractivity contribution < 1.29 is 0 Å². The van der Waals surface area contributed by atoms with Crippen LogP contribution in [0.2, 0.25) is 5.15 Å². The molecule has 2 rings (SSSR count). The van der Waals surface area contributed by atoms with E-state index in [1.807, 2.05) is 0 Å². The zero-order valence-electron chi connectivity index (χ0n) is 9.42. The molecule has 0 aromatic carbocycles. The molecular weight excluding hydrogens is 228 g/mol. The van der Waals surface area contributed by atoms with Crippen LogP contribution in [0.4, 0.5) is 0 Å². The van der Waals surface area contributed by atoms with Crippen molar-refractivity contribution in [3.63, 3.8) is 0 Å². The molecule has 4 nitrogen and oxygen atoms in total. The van der Waals surface area contributed by atoms with E-state index in [4.69, 9.17) is 11.6 Å². The molecule has 2 unspecified atom stereocenters. The van der Waals surface area contributed by atoms with Crippen LogP contribution in [-0.4, -0.2) is 9.55 Å². The van der Waals surface area contributed by atoms with E-state index in [0.29, 0.717) is 11.5 Å².